The highest BCUT2D eigenvalue weighted by atomic mass is 19.3. The van der Waals surface area contributed by atoms with Gasteiger partial charge in [0.1, 0.15) is 5.82 Å². The molecule has 0 amide bonds. The summed E-state index contributed by atoms with van der Waals surface area (Å²) in [6.45, 7) is 0.185. The van der Waals surface area contributed by atoms with Crippen molar-refractivity contribution in [3.05, 3.63) is 35.6 Å². The third-order valence-corrected chi connectivity index (χ3v) is 1.96. The average Bonchev–Trinajstić information content (AvgIpc) is 2.15. The quantitative estimate of drug-likeness (QED) is 0.799. The molecule has 1 aromatic carbocycles. The molecule has 78 valence electrons. The van der Waals surface area contributed by atoms with E-state index in [1.165, 1.54) is 12.1 Å². The third-order valence-electron chi connectivity index (χ3n) is 1.96. The molecule has 0 saturated carbocycles. The highest BCUT2D eigenvalue weighted by Crippen LogP contribution is 2.33. The van der Waals surface area contributed by atoms with E-state index < -0.39 is 23.7 Å². The van der Waals surface area contributed by atoms with Gasteiger partial charge < -0.3 is 5.73 Å². The van der Waals surface area contributed by atoms with Crippen LogP contribution in [0.3, 0.4) is 0 Å². The summed E-state index contributed by atoms with van der Waals surface area (Å²) < 4.78 is 39.6. The number of hydrogen-bond acceptors (Lipinski definition) is 1. The van der Waals surface area contributed by atoms with Gasteiger partial charge in [0.25, 0.3) is 5.92 Å². The Hall–Kier alpha value is -1.03. The molecular formula is C10H12F3N. The number of halogens is 3. The van der Waals surface area contributed by atoms with Crippen LogP contribution in [0.2, 0.25) is 0 Å². The maximum atomic E-state index is 13.3. The fraction of sp³-hybridized carbons (Fsp3) is 0.400. The lowest BCUT2D eigenvalue weighted by molar-refractivity contribution is -0.0179. The van der Waals surface area contributed by atoms with Crippen molar-refractivity contribution in [3.63, 3.8) is 0 Å². The van der Waals surface area contributed by atoms with E-state index in [2.05, 4.69) is 0 Å². The summed E-state index contributed by atoms with van der Waals surface area (Å²) in [4.78, 5) is 0. The summed E-state index contributed by atoms with van der Waals surface area (Å²) in [5.41, 5.74) is 4.58. The summed E-state index contributed by atoms with van der Waals surface area (Å²) in [5.74, 6) is -3.99. The molecule has 0 unspecified atom stereocenters. The second-order valence-corrected chi connectivity index (χ2v) is 3.08. The number of hydrogen-bond donors (Lipinski definition) is 1. The monoisotopic (exact) mass is 203 g/mol. The first-order valence-electron chi connectivity index (χ1n) is 4.41. The van der Waals surface area contributed by atoms with Gasteiger partial charge in [0.2, 0.25) is 0 Å². The Morgan fingerprint density at radius 2 is 1.86 bits per heavy atom. The molecule has 0 aliphatic rings. The van der Waals surface area contributed by atoms with Crippen LogP contribution in [0.1, 0.15) is 18.4 Å². The zero-order chi connectivity index (χ0) is 10.6. The normalized spacial score (nSPS) is 11.7. The minimum Gasteiger partial charge on any atom is -0.330 e. The molecule has 0 aliphatic heterocycles. The highest BCUT2D eigenvalue weighted by molar-refractivity contribution is 5.22. The predicted octanol–water partition coefficient (Wildman–Crippen LogP) is 2.66. The maximum Gasteiger partial charge on any atom is 0.276 e. The van der Waals surface area contributed by atoms with Crippen LogP contribution in [0.25, 0.3) is 0 Å². The summed E-state index contributed by atoms with van der Waals surface area (Å²) in [7, 11) is 0. The van der Waals surface area contributed by atoms with Gasteiger partial charge in [-0.3, -0.25) is 0 Å². The van der Waals surface area contributed by atoms with Crippen molar-refractivity contribution in [3.8, 4) is 0 Å². The van der Waals surface area contributed by atoms with E-state index in [0.717, 1.165) is 12.1 Å². The van der Waals surface area contributed by atoms with Gasteiger partial charge in [-0.2, -0.15) is 0 Å². The first-order chi connectivity index (χ1) is 6.58. The van der Waals surface area contributed by atoms with Crippen molar-refractivity contribution < 1.29 is 13.2 Å². The second-order valence-electron chi connectivity index (χ2n) is 3.08. The standard InChI is InChI=1S/C10H12F3N/c11-9-5-2-1-4-8(9)10(12,13)6-3-7-14/h1-2,4-5H,3,6-7,14H2. The van der Waals surface area contributed by atoms with Gasteiger partial charge in [-0.1, -0.05) is 18.2 Å². The molecule has 1 nitrogen and oxygen atoms in total. The average molecular weight is 203 g/mol. The molecule has 0 aliphatic carbocycles. The molecule has 0 bridgehead atoms. The molecule has 0 radical (unpaired) electrons. The maximum absolute atomic E-state index is 13.3. The van der Waals surface area contributed by atoms with Crippen LogP contribution in [0.15, 0.2) is 24.3 Å². The number of benzene rings is 1. The van der Waals surface area contributed by atoms with Gasteiger partial charge in [-0.25, -0.2) is 13.2 Å². The topological polar surface area (TPSA) is 26.0 Å². The largest absolute Gasteiger partial charge is 0.330 e. The molecule has 14 heavy (non-hydrogen) atoms. The lowest BCUT2D eigenvalue weighted by atomic mass is 10.0. The molecule has 0 aromatic heterocycles. The second kappa shape index (κ2) is 4.46. The van der Waals surface area contributed by atoms with Crippen molar-refractivity contribution >= 4 is 0 Å². The Morgan fingerprint density at radius 1 is 1.21 bits per heavy atom. The summed E-state index contributed by atoms with van der Waals surface area (Å²) >= 11 is 0. The van der Waals surface area contributed by atoms with E-state index in [0.29, 0.717) is 0 Å². The lowest BCUT2D eigenvalue weighted by Crippen LogP contribution is -2.17. The Balaban J connectivity index is 2.86. The van der Waals surface area contributed by atoms with Crippen molar-refractivity contribution in [2.75, 3.05) is 6.54 Å². The van der Waals surface area contributed by atoms with E-state index in [-0.39, 0.29) is 13.0 Å². The summed E-state index contributed by atoms with van der Waals surface area (Å²) in [6.07, 6.45) is -0.230. The molecule has 4 heteroatoms. The molecule has 0 heterocycles. The molecule has 0 spiro atoms. The molecule has 2 N–H and O–H groups in total. The Kier molecular flexibility index (Phi) is 3.52. The molecule has 0 saturated heterocycles. The first kappa shape index (κ1) is 11.0. The lowest BCUT2D eigenvalue weighted by Gasteiger charge is -2.16. The zero-order valence-electron chi connectivity index (χ0n) is 7.64. The van der Waals surface area contributed by atoms with E-state index in [9.17, 15) is 13.2 Å². The molecule has 1 rings (SSSR count). The van der Waals surface area contributed by atoms with E-state index in [1.807, 2.05) is 0 Å². The van der Waals surface area contributed by atoms with Crippen LogP contribution in [0, 0.1) is 5.82 Å². The third kappa shape index (κ3) is 2.48. The van der Waals surface area contributed by atoms with Crippen molar-refractivity contribution in [2.24, 2.45) is 5.73 Å². The van der Waals surface area contributed by atoms with Gasteiger partial charge in [-0.05, 0) is 19.0 Å². The SMILES string of the molecule is NCCCC(F)(F)c1ccccc1F. The first-order valence-corrected chi connectivity index (χ1v) is 4.41. The van der Waals surface area contributed by atoms with Crippen molar-refractivity contribution in [1.29, 1.82) is 0 Å². The minimum atomic E-state index is -3.12. The number of nitrogens with two attached hydrogens (primary N) is 1. The highest BCUT2D eigenvalue weighted by Gasteiger charge is 2.33. The fourth-order valence-corrected chi connectivity index (χ4v) is 1.22. The summed E-state index contributed by atoms with van der Waals surface area (Å²) in [6, 6.07) is 4.92. The Morgan fingerprint density at radius 3 is 2.43 bits per heavy atom. The van der Waals surface area contributed by atoms with Crippen molar-refractivity contribution in [2.45, 2.75) is 18.8 Å². The smallest absolute Gasteiger partial charge is 0.276 e. The molecule has 0 fully saturated rings. The van der Waals surface area contributed by atoms with Gasteiger partial charge in [0, 0.05) is 6.42 Å². The van der Waals surface area contributed by atoms with Crippen LogP contribution in [-0.2, 0) is 5.92 Å². The van der Waals surface area contributed by atoms with E-state index in [1.54, 1.807) is 0 Å². The fourth-order valence-electron chi connectivity index (χ4n) is 1.22. The Labute approximate surface area is 80.7 Å². The van der Waals surface area contributed by atoms with Crippen LogP contribution in [-0.4, -0.2) is 6.54 Å². The summed E-state index contributed by atoms with van der Waals surface area (Å²) in [5, 5.41) is 0. The van der Waals surface area contributed by atoms with Gasteiger partial charge in [-0.15, -0.1) is 0 Å². The predicted molar refractivity (Wildman–Crippen MR) is 48.6 cm³/mol. The molecule has 0 atom stereocenters. The van der Waals surface area contributed by atoms with E-state index in [4.69, 9.17) is 5.73 Å². The number of rotatable bonds is 4. The minimum absolute atomic E-state index is 0.182. The van der Waals surface area contributed by atoms with Crippen LogP contribution >= 0.6 is 0 Å². The van der Waals surface area contributed by atoms with Gasteiger partial charge in [0.05, 0.1) is 5.56 Å². The molecule has 1 aromatic rings. The van der Waals surface area contributed by atoms with E-state index >= 15 is 0 Å². The zero-order valence-corrected chi connectivity index (χ0v) is 7.64. The Bertz CT molecular complexity index is 299. The van der Waals surface area contributed by atoms with Gasteiger partial charge >= 0.3 is 0 Å². The van der Waals surface area contributed by atoms with Crippen LogP contribution in [0.4, 0.5) is 13.2 Å². The molecular weight excluding hydrogens is 191 g/mol. The van der Waals surface area contributed by atoms with Crippen molar-refractivity contribution in [1.82, 2.24) is 0 Å². The number of alkyl halides is 2. The van der Waals surface area contributed by atoms with Crippen LogP contribution < -0.4 is 5.73 Å². The van der Waals surface area contributed by atoms with Crippen LogP contribution in [0.5, 0.6) is 0 Å². The van der Waals surface area contributed by atoms with Gasteiger partial charge in [0.15, 0.2) is 0 Å².